The molecule has 0 spiro atoms. The summed E-state index contributed by atoms with van der Waals surface area (Å²) in [6, 6.07) is 5.75. The number of halogens is 1. The maximum atomic E-state index is 11.4. The second-order valence-corrected chi connectivity index (χ2v) is 5.88. The number of nitrogens with zero attached hydrogens (tertiary/aromatic N) is 2. The van der Waals surface area contributed by atoms with Crippen LogP contribution in [0.5, 0.6) is 0 Å². The van der Waals surface area contributed by atoms with Crippen molar-refractivity contribution in [2.75, 3.05) is 44.3 Å². The Morgan fingerprint density at radius 1 is 1.29 bits per heavy atom. The normalized spacial score (nSPS) is 23.5. The predicted octanol–water partition coefficient (Wildman–Crippen LogP) is 1.95. The van der Waals surface area contributed by atoms with E-state index in [0.717, 1.165) is 51.5 Å². The average Bonchev–Trinajstić information content (AvgIpc) is 2.97. The molecule has 1 N–H and O–H groups in total. The summed E-state index contributed by atoms with van der Waals surface area (Å²) < 4.78 is 5.39. The third-order valence-electron chi connectivity index (χ3n) is 4.27. The molecule has 0 aliphatic carbocycles. The first-order valence-corrected chi connectivity index (χ1v) is 7.63. The zero-order valence-corrected chi connectivity index (χ0v) is 12.6. The highest BCUT2D eigenvalue weighted by molar-refractivity contribution is 6.34. The molecule has 5 nitrogen and oxygen atoms in total. The summed E-state index contributed by atoms with van der Waals surface area (Å²) in [4.78, 5) is 16.0. The molecule has 1 unspecified atom stereocenters. The minimum absolute atomic E-state index is 0.210. The van der Waals surface area contributed by atoms with E-state index in [-0.39, 0.29) is 5.56 Å². The van der Waals surface area contributed by atoms with E-state index in [1.165, 1.54) is 0 Å². The van der Waals surface area contributed by atoms with Crippen LogP contribution in [0.25, 0.3) is 0 Å². The third-order valence-corrected chi connectivity index (χ3v) is 4.59. The Morgan fingerprint density at radius 2 is 2.05 bits per heavy atom. The lowest BCUT2D eigenvalue weighted by molar-refractivity contribution is 0.0209. The molecule has 2 heterocycles. The summed E-state index contributed by atoms with van der Waals surface area (Å²) in [5.41, 5.74) is 0.938. The van der Waals surface area contributed by atoms with Crippen molar-refractivity contribution in [3.8, 4) is 0 Å². The molecule has 0 radical (unpaired) electrons. The highest BCUT2D eigenvalue weighted by atomic mass is 35.5. The maximum Gasteiger partial charge on any atom is 0.339 e. The lowest BCUT2D eigenvalue weighted by Gasteiger charge is -2.32. The van der Waals surface area contributed by atoms with E-state index in [0.29, 0.717) is 11.1 Å². The Hall–Kier alpha value is -1.30. The van der Waals surface area contributed by atoms with Gasteiger partial charge in [0.15, 0.2) is 0 Å². The number of hydrogen-bond acceptors (Lipinski definition) is 4. The van der Waals surface area contributed by atoms with Crippen molar-refractivity contribution in [3.63, 3.8) is 0 Å². The number of rotatable bonds is 3. The Kier molecular flexibility index (Phi) is 4.33. The van der Waals surface area contributed by atoms with E-state index in [1.807, 2.05) is 12.1 Å². The number of benzene rings is 1. The lowest BCUT2D eigenvalue weighted by atomic mass is 10.1. The van der Waals surface area contributed by atoms with Crippen molar-refractivity contribution in [1.29, 1.82) is 0 Å². The van der Waals surface area contributed by atoms with Crippen molar-refractivity contribution in [1.82, 2.24) is 4.90 Å². The van der Waals surface area contributed by atoms with E-state index in [1.54, 1.807) is 6.07 Å². The SMILES string of the molecule is O=C(O)c1c(Cl)cccc1N1CCC(N2CCOCC2)C1. The molecule has 21 heavy (non-hydrogen) atoms. The highest BCUT2D eigenvalue weighted by Crippen LogP contribution is 2.31. The number of carboxylic acid groups (broad SMARTS) is 1. The van der Waals surface area contributed by atoms with Crippen LogP contribution in [0, 0.1) is 0 Å². The molecule has 0 aromatic heterocycles. The molecule has 3 rings (SSSR count). The summed E-state index contributed by atoms with van der Waals surface area (Å²) >= 11 is 6.05. The van der Waals surface area contributed by atoms with Crippen LogP contribution in [0.4, 0.5) is 5.69 Å². The second-order valence-electron chi connectivity index (χ2n) is 5.48. The van der Waals surface area contributed by atoms with Gasteiger partial charge in [0.1, 0.15) is 5.56 Å². The molecule has 114 valence electrons. The molecular weight excluding hydrogens is 292 g/mol. The van der Waals surface area contributed by atoms with Crippen molar-refractivity contribution in [2.45, 2.75) is 12.5 Å². The predicted molar refractivity (Wildman–Crippen MR) is 81.4 cm³/mol. The molecule has 2 fully saturated rings. The van der Waals surface area contributed by atoms with Gasteiger partial charge < -0.3 is 14.7 Å². The van der Waals surface area contributed by atoms with E-state index in [2.05, 4.69) is 9.80 Å². The van der Waals surface area contributed by atoms with Gasteiger partial charge in [-0.25, -0.2) is 4.79 Å². The van der Waals surface area contributed by atoms with E-state index in [4.69, 9.17) is 16.3 Å². The Bertz CT molecular complexity index is 532. The van der Waals surface area contributed by atoms with Gasteiger partial charge >= 0.3 is 5.97 Å². The van der Waals surface area contributed by atoms with Crippen LogP contribution in [0.2, 0.25) is 5.02 Å². The first-order chi connectivity index (χ1) is 10.2. The molecule has 2 saturated heterocycles. The molecule has 1 atom stereocenters. The van der Waals surface area contributed by atoms with Crippen LogP contribution in [-0.2, 0) is 4.74 Å². The maximum absolute atomic E-state index is 11.4. The smallest absolute Gasteiger partial charge is 0.339 e. The van der Waals surface area contributed by atoms with Crippen molar-refractivity contribution < 1.29 is 14.6 Å². The van der Waals surface area contributed by atoms with Gasteiger partial charge in [-0.05, 0) is 18.6 Å². The van der Waals surface area contributed by atoms with E-state index >= 15 is 0 Å². The van der Waals surface area contributed by atoms with Crippen molar-refractivity contribution in [3.05, 3.63) is 28.8 Å². The van der Waals surface area contributed by atoms with Gasteiger partial charge in [-0.3, -0.25) is 4.90 Å². The average molecular weight is 311 g/mol. The van der Waals surface area contributed by atoms with Crippen molar-refractivity contribution >= 4 is 23.3 Å². The van der Waals surface area contributed by atoms with Crippen LogP contribution in [0.1, 0.15) is 16.8 Å². The summed E-state index contributed by atoms with van der Waals surface area (Å²) in [7, 11) is 0. The van der Waals surface area contributed by atoms with Crippen LogP contribution < -0.4 is 4.90 Å². The molecule has 2 aliphatic heterocycles. The van der Waals surface area contributed by atoms with Gasteiger partial charge in [0.25, 0.3) is 0 Å². The quantitative estimate of drug-likeness (QED) is 0.925. The number of carboxylic acids is 1. The Labute approximate surface area is 129 Å². The zero-order chi connectivity index (χ0) is 14.8. The lowest BCUT2D eigenvalue weighted by Crippen LogP contribution is -2.44. The number of aromatic carboxylic acids is 1. The summed E-state index contributed by atoms with van der Waals surface area (Å²) in [5, 5.41) is 9.68. The van der Waals surface area contributed by atoms with Gasteiger partial charge in [0.2, 0.25) is 0 Å². The van der Waals surface area contributed by atoms with Crippen LogP contribution in [0.3, 0.4) is 0 Å². The Morgan fingerprint density at radius 3 is 2.76 bits per heavy atom. The minimum atomic E-state index is -0.967. The molecule has 6 heteroatoms. The topological polar surface area (TPSA) is 53.0 Å². The van der Waals surface area contributed by atoms with Crippen molar-refractivity contribution in [2.24, 2.45) is 0 Å². The Balaban J connectivity index is 1.77. The minimum Gasteiger partial charge on any atom is -0.478 e. The first kappa shape index (κ1) is 14.6. The molecule has 1 aromatic carbocycles. The monoisotopic (exact) mass is 310 g/mol. The second kappa shape index (κ2) is 6.22. The summed E-state index contributed by atoms with van der Waals surface area (Å²) in [6.45, 7) is 5.20. The van der Waals surface area contributed by atoms with E-state index < -0.39 is 5.97 Å². The fraction of sp³-hybridized carbons (Fsp3) is 0.533. The fourth-order valence-electron chi connectivity index (χ4n) is 3.19. The molecule has 0 amide bonds. The molecule has 2 aliphatic rings. The van der Waals surface area contributed by atoms with E-state index in [9.17, 15) is 9.90 Å². The fourth-order valence-corrected chi connectivity index (χ4v) is 3.44. The first-order valence-electron chi connectivity index (χ1n) is 7.25. The third kappa shape index (κ3) is 3.00. The van der Waals surface area contributed by atoms with Gasteiger partial charge in [0.05, 0.1) is 23.9 Å². The summed E-state index contributed by atoms with van der Waals surface area (Å²) in [6.07, 6.45) is 1.05. The molecule has 0 bridgehead atoms. The van der Waals surface area contributed by atoms with Gasteiger partial charge in [-0.1, -0.05) is 17.7 Å². The number of anilines is 1. The van der Waals surface area contributed by atoms with Gasteiger partial charge in [-0.15, -0.1) is 0 Å². The highest BCUT2D eigenvalue weighted by Gasteiger charge is 2.31. The zero-order valence-electron chi connectivity index (χ0n) is 11.8. The number of ether oxygens (including phenoxy) is 1. The number of hydrogen-bond donors (Lipinski definition) is 1. The standard InChI is InChI=1S/C15H19ClN2O3/c16-12-2-1-3-13(14(12)15(19)20)18-5-4-11(10-18)17-6-8-21-9-7-17/h1-3,11H,4-10H2,(H,19,20). The van der Waals surface area contributed by atoms with Gasteiger partial charge in [0, 0.05) is 32.2 Å². The molecule has 1 aromatic rings. The number of carbonyl (C=O) groups is 1. The molecule has 0 saturated carbocycles. The largest absolute Gasteiger partial charge is 0.478 e. The van der Waals surface area contributed by atoms with Gasteiger partial charge in [-0.2, -0.15) is 0 Å². The summed E-state index contributed by atoms with van der Waals surface area (Å²) in [5.74, 6) is -0.967. The van der Waals surface area contributed by atoms with Crippen LogP contribution in [-0.4, -0.2) is 61.4 Å². The number of morpholine rings is 1. The van der Waals surface area contributed by atoms with Crippen LogP contribution >= 0.6 is 11.6 Å². The molecular formula is C15H19ClN2O3. The van der Waals surface area contributed by atoms with Crippen LogP contribution in [0.15, 0.2) is 18.2 Å².